The summed E-state index contributed by atoms with van der Waals surface area (Å²) < 4.78 is 5.34. The number of hydrogen-bond acceptors (Lipinski definition) is 4. The van der Waals surface area contributed by atoms with Crippen LogP contribution in [0.5, 0.6) is 0 Å². The number of ether oxygens (including phenoxy) is 1. The van der Waals surface area contributed by atoms with Gasteiger partial charge in [-0.15, -0.1) is 4.81 Å². The third-order valence-corrected chi connectivity index (χ3v) is 7.42. The molecule has 0 unspecified atom stereocenters. The molecule has 2 heterocycles. The maximum Gasteiger partial charge on any atom is 0.336 e. The fourth-order valence-electron chi connectivity index (χ4n) is 5.26. The summed E-state index contributed by atoms with van der Waals surface area (Å²) in [6.45, 7) is 0. The van der Waals surface area contributed by atoms with Crippen molar-refractivity contribution in [2.24, 2.45) is 5.11 Å². The highest BCUT2D eigenvalue weighted by molar-refractivity contribution is 6.30. The topological polar surface area (TPSA) is 59.0 Å². The lowest BCUT2D eigenvalue weighted by atomic mass is 9.72. The molecular formula is C30H22Cl2N4O2. The molecule has 6 rings (SSSR count). The van der Waals surface area contributed by atoms with Crippen molar-refractivity contribution in [2.75, 3.05) is 12.0 Å². The molecule has 188 valence electrons. The first-order valence-corrected chi connectivity index (χ1v) is 12.7. The Morgan fingerprint density at radius 2 is 1.37 bits per heavy atom. The van der Waals surface area contributed by atoms with Crippen molar-refractivity contribution in [1.82, 2.24) is 0 Å². The maximum atomic E-state index is 13.6. The number of carbonyl (C=O) groups excluding carboxylic acids is 1. The van der Waals surface area contributed by atoms with Crippen LogP contribution in [0.1, 0.15) is 11.1 Å². The first kappa shape index (κ1) is 24.2. The van der Waals surface area contributed by atoms with Gasteiger partial charge in [0.1, 0.15) is 11.2 Å². The quantitative estimate of drug-likeness (QED) is 0.192. The average molecular weight is 541 g/mol. The lowest BCUT2D eigenvalue weighted by Gasteiger charge is -2.47. The molecule has 0 saturated heterocycles. The van der Waals surface area contributed by atoms with Crippen molar-refractivity contribution in [3.8, 4) is 0 Å². The summed E-state index contributed by atoms with van der Waals surface area (Å²) in [5, 5.41) is 6.43. The van der Waals surface area contributed by atoms with Gasteiger partial charge in [-0.2, -0.15) is 10.5 Å². The molecule has 2 atom stereocenters. The average Bonchev–Trinajstić information content (AvgIpc) is 3.46. The van der Waals surface area contributed by atoms with Crippen molar-refractivity contribution < 1.29 is 14.3 Å². The summed E-state index contributed by atoms with van der Waals surface area (Å²) in [5.41, 5.74) is 6.27. The number of anilines is 1. The highest BCUT2D eigenvalue weighted by Crippen LogP contribution is 2.64. The van der Waals surface area contributed by atoms with Crippen LogP contribution < -0.4 is 4.90 Å². The summed E-state index contributed by atoms with van der Waals surface area (Å²) in [5.74, 6) is -0.498. The first-order chi connectivity index (χ1) is 18.5. The number of hydrogen-bond donors (Lipinski definition) is 0. The molecule has 0 N–H and O–H groups in total. The normalized spacial score (nSPS) is 21.8. The Kier molecular flexibility index (Phi) is 5.94. The molecule has 0 amide bonds. The van der Waals surface area contributed by atoms with Gasteiger partial charge in [0.05, 0.1) is 12.7 Å². The van der Waals surface area contributed by atoms with E-state index < -0.39 is 17.2 Å². The van der Waals surface area contributed by atoms with E-state index >= 15 is 0 Å². The van der Waals surface area contributed by atoms with E-state index in [0.717, 1.165) is 16.8 Å². The van der Waals surface area contributed by atoms with E-state index in [1.807, 2.05) is 102 Å². The summed E-state index contributed by atoms with van der Waals surface area (Å²) >= 11 is 12.4. The summed E-state index contributed by atoms with van der Waals surface area (Å²) in [6, 6.07) is 34.3. The van der Waals surface area contributed by atoms with Crippen LogP contribution in [0, 0.1) is 0 Å². The van der Waals surface area contributed by atoms with Gasteiger partial charge in [-0.3, -0.25) is 0 Å². The number of benzene rings is 4. The summed E-state index contributed by atoms with van der Waals surface area (Å²) in [6.07, 6.45) is 1.79. The van der Waals surface area contributed by atoms with Gasteiger partial charge in [0.2, 0.25) is 5.69 Å². The van der Waals surface area contributed by atoms with Crippen molar-refractivity contribution >= 4 is 40.5 Å². The van der Waals surface area contributed by atoms with Crippen LogP contribution in [0.4, 0.5) is 11.4 Å². The zero-order valence-corrected chi connectivity index (χ0v) is 21.8. The smallest absolute Gasteiger partial charge is 0.336 e. The van der Waals surface area contributed by atoms with Crippen LogP contribution in [-0.2, 0) is 20.7 Å². The molecule has 38 heavy (non-hydrogen) atoms. The molecule has 2 aliphatic heterocycles. The van der Waals surface area contributed by atoms with Crippen LogP contribution in [0.3, 0.4) is 0 Å². The highest BCUT2D eigenvalue weighted by Gasteiger charge is 2.67. The van der Waals surface area contributed by atoms with Gasteiger partial charge in [-0.1, -0.05) is 83.9 Å². The van der Waals surface area contributed by atoms with Gasteiger partial charge in [0.25, 0.3) is 0 Å². The molecule has 0 aliphatic carbocycles. The fourth-order valence-corrected chi connectivity index (χ4v) is 5.51. The fraction of sp³-hybridized carbons (Fsp3) is 0.100. The predicted octanol–water partition coefficient (Wildman–Crippen LogP) is 7.72. The van der Waals surface area contributed by atoms with E-state index in [0.29, 0.717) is 21.3 Å². The first-order valence-electron chi connectivity index (χ1n) is 12.0. The molecule has 0 fully saturated rings. The molecule has 0 bridgehead atoms. The standard InChI is InChI=1S/C30H22Cl2N4O2/c1-38-28(37)27-20-35(25-16-12-23(31)13-17-25)30(22-10-6-3-7-11-22)29(27,21-8-4-2-5-9-21)33-36(34-30)26-18-14-24(32)15-19-26/h2-20H,1H3/t29-,30+/m0/s1. The third-order valence-electron chi connectivity index (χ3n) is 6.92. The second-order valence-electron chi connectivity index (χ2n) is 8.96. The Morgan fingerprint density at radius 3 is 1.95 bits per heavy atom. The van der Waals surface area contributed by atoms with E-state index in [4.69, 9.17) is 38.5 Å². The van der Waals surface area contributed by atoms with Gasteiger partial charge in [-0.05, 0) is 47.5 Å². The number of rotatable bonds is 5. The number of azo groups is 1. The van der Waals surface area contributed by atoms with Gasteiger partial charge in [0, 0.05) is 34.1 Å². The lowest BCUT2D eigenvalue weighted by molar-refractivity contribution is -0.457. The lowest BCUT2D eigenvalue weighted by Crippen LogP contribution is -2.52. The van der Waals surface area contributed by atoms with Gasteiger partial charge >= 0.3 is 5.97 Å². The molecule has 4 aromatic carbocycles. The van der Waals surface area contributed by atoms with Crippen LogP contribution in [-0.4, -0.2) is 17.9 Å². The SMILES string of the molecule is COC(=O)C1=CN(c2ccc(Cl)cc2)[C@@]2(c3ccccc3)[N-][N+](c3ccc(Cl)cc3)=N[C@@]12c1ccccc1. The maximum absolute atomic E-state index is 13.6. The molecule has 0 spiro atoms. The van der Waals surface area contributed by atoms with Crippen molar-refractivity contribution in [2.45, 2.75) is 11.2 Å². The molecule has 6 nitrogen and oxygen atoms in total. The third kappa shape index (κ3) is 3.52. The van der Waals surface area contributed by atoms with E-state index in [-0.39, 0.29) is 0 Å². The Bertz CT molecular complexity index is 1560. The van der Waals surface area contributed by atoms with Crippen molar-refractivity contribution in [1.29, 1.82) is 0 Å². The molecule has 0 saturated carbocycles. The number of halogens is 2. The van der Waals surface area contributed by atoms with Gasteiger partial charge in [-0.25, -0.2) is 4.79 Å². The molecular weight excluding hydrogens is 519 g/mol. The van der Waals surface area contributed by atoms with Crippen LogP contribution in [0.15, 0.2) is 126 Å². The minimum Gasteiger partial charge on any atom is -0.466 e. The monoisotopic (exact) mass is 540 g/mol. The highest BCUT2D eigenvalue weighted by atomic mass is 35.5. The second-order valence-corrected chi connectivity index (χ2v) is 9.83. The molecule has 4 aromatic rings. The number of fused-ring (bicyclic) bond motifs is 1. The van der Waals surface area contributed by atoms with Gasteiger partial charge < -0.3 is 9.64 Å². The molecule has 2 aliphatic rings. The molecule has 8 heteroatoms. The second kappa shape index (κ2) is 9.31. The number of nitrogens with zero attached hydrogens (tertiary/aromatic N) is 4. The molecule has 0 radical (unpaired) electrons. The van der Waals surface area contributed by atoms with Gasteiger partial charge in [0.15, 0.2) is 0 Å². The predicted molar refractivity (Wildman–Crippen MR) is 147 cm³/mol. The van der Waals surface area contributed by atoms with Crippen molar-refractivity contribution in [3.63, 3.8) is 0 Å². The van der Waals surface area contributed by atoms with Crippen LogP contribution >= 0.6 is 23.2 Å². The van der Waals surface area contributed by atoms with E-state index in [1.54, 1.807) is 23.1 Å². The largest absolute Gasteiger partial charge is 0.466 e. The van der Waals surface area contributed by atoms with Crippen molar-refractivity contribution in [3.05, 3.63) is 148 Å². The Morgan fingerprint density at radius 1 is 0.816 bits per heavy atom. The molecule has 0 aromatic heterocycles. The zero-order valence-electron chi connectivity index (χ0n) is 20.3. The van der Waals surface area contributed by atoms with Crippen LogP contribution in [0.25, 0.3) is 5.43 Å². The number of methoxy groups -OCH3 is 1. The Hall–Kier alpha value is -4.13. The summed E-state index contributed by atoms with van der Waals surface area (Å²) in [4.78, 5) is 17.1. The minimum absolute atomic E-state index is 0.352. The summed E-state index contributed by atoms with van der Waals surface area (Å²) in [7, 11) is 1.38. The number of esters is 1. The minimum atomic E-state index is -1.29. The van der Waals surface area contributed by atoms with E-state index in [9.17, 15) is 4.79 Å². The number of carbonyl (C=O) groups is 1. The Labute approximate surface area is 230 Å². The van der Waals surface area contributed by atoms with E-state index in [1.165, 1.54) is 7.11 Å². The zero-order chi connectivity index (χ0) is 26.3. The van der Waals surface area contributed by atoms with E-state index in [2.05, 4.69) is 0 Å². The van der Waals surface area contributed by atoms with Crippen LogP contribution in [0.2, 0.25) is 10.0 Å². The Balaban J connectivity index is 1.72.